The van der Waals surface area contributed by atoms with E-state index in [1.165, 1.54) is 0 Å². The number of carboxylic acid groups (broad SMARTS) is 4. The first-order valence-corrected chi connectivity index (χ1v) is 4.49. The summed E-state index contributed by atoms with van der Waals surface area (Å²) in [5.41, 5.74) is 0. The van der Waals surface area contributed by atoms with Crippen molar-refractivity contribution in [2.24, 2.45) is 0 Å². The standard InChI is InChI=1S/2C4H6O6.Cr.K/c2*5-1(3(7)8)2(6)4(9)10;;/h2*1-2,5-6H,(H,7,8)(H,9,10);;/q;;+3;+1/p-4. The first-order chi connectivity index (χ1) is 8.93. The minimum absolute atomic E-state index is 0. The summed E-state index contributed by atoms with van der Waals surface area (Å²) in [6.45, 7) is 0. The van der Waals surface area contributed by atoms with Gasteiger partial charge in [-0.05, 0) is 0 Å². The Labute approximate surface area is 175 Å². The average molecular weight is 387 g/mol. The zero-order valence-corrected chi connectivity index (χ0v) is 15.2. The van der Waals surface area contributed by atoms with E-state index >= 15 is 0 Å². The Morgan fingerprint density at radius 1 is 0.545 bits per heavy atom. The number of hydrogen-bond acceptors (Lipinski definition) is 12. The molecule has 0 aromatic rings. The van der Waals surface area contributed by atoms with Crippen LogP contribution in [-0.4, -0.2) is 68.7 Å². The second-order valence-corrected chi connectivity index (χ2v) is 3.06. The normalized spacial score (nSPS) is 14.4. The molecule has 0 aliphatic carbocycles. The van der Waals surface area contributed by atoms with Gasteiger partial charge in [0.15, 0.2) is 0 Å². The molecule has 4 N–H and O–H groups in total. The Balaban J connectivity index is -0.000000135. The Bertz CT molecular complexity index is 315. The minimum atomic E-state index is -2.44. The molecule has 14 heteroatoms. The van der Waals surface area contributed by atoms with Crippen molar-refractivity contribution in [2.45, 2.75) is 24.4 Å². The molecule has 0 saturated carbocycles. The van der Waals surface area contributed by atoms with Crippen LogP contribution in [0.1, 0.15) is 0 Å². The molecule has 119 valence electrons. The fourth-order valence-electron chi connectivity index (χ4n) is 0.516. The first kappa shape index (κ1) is 29.8. The predicted octanol–water partition coefficient (Wildman–Crippen LogP) is -12.6. The summed E-state index contributed by atoms with van der Waals surface area (Å²) in [7, 11) is 0. The van der Waals surface area contributed by atoms with Crippen molar-refractivity contribution in [1.29, 1.82) is 0 Å². The van der Waals surface area contributed by atoms with Gasteiger partial charge in [-0.1, -0.05) is 0 Å². The third-order valence-electron chi connectivity index (χ3n) is 1.56. The van der Waals surface area contributed by atoms with Gasteiger partial charge in [-0.2, -0.15) is 0 Å². The van der Waals surface area contributed by atoms with Crippen molar-refractivity contribution in [2.75, 3.05) is 0 Å². The smallest absolute Gasteiger partial charge is 0.547 e. The van der Waals surface area contributed by atoms with Gasteiger partial charge in [-0.3, -0.25) is 0 Å². The van der Waals surface area contributed by atoms with Crippen molar-refractivity contribution in [3.05, 3.63) is 0 Å². The molecule has 4 unspecified atom stereocenters. The molecule has 12 nitrogen and oxygen atoms in total. The molecule has 22 heavy (non-hydrogen) atoms. The number of aliphatic carboxylic acids is 4. The summed E-state index contributed by atoms with van der Waals surface area (Å²) in [6, 6.07) is 0. The van der Waals surface area contributed by atoms with Crippen molar-refractivity contribution in [3.8, 4) is 0 Å². The van der Waals surface area contributed by atoms with Gasteiger partial charge >= 0.3 is 68.7 Å². The van der Waals surface area contributed by atoms with Gasteiger partial charge in [0.05, 0.1) is 23.9 Å². The Morgan fingerprint density at radius 3 is 0.682 bits per heavy atom. The van der Waals surface area contributed by atoms with Gasteiger partial charge < -0.3 is 60.0 Å². The van der Waals surface area contributed by atoms with Crippen LogP contribution in [0, 0.1) is 0 Å². The second kappa shape index (κ2) is 14.5. The van der Waals surface area contributed by atoms with Crippen LogP contribution in [0.5, 0.6) is 0 Å². The zero-order valence-electron chi connectivity index (χ0n) is 10.8. The van der Waals surface area contributed by atoms with E-state index in [1.54, 1.807) is 0 Å². The van der Waals surface area contributed by atoms with Crippen molar-refractivity contribution in [3.63, 3.8) is 0 Å². The summed E-state index contributed by atoms with van der Waals surface area (Å²) in [5.74, 6) is -8.23. The molecule has 0 saturated heterocycles. The van der Waals surface area contributed by atoms with E-state index in [-0.39, 0.29) is 68.7 Å². The number of rotatable bonds is 6. The summed E-state index contributed by atoms with van der Waals surface area (Å²) >= 11 is 0. The molecule has 0 bridgehead atoms. The van der Waals surface area contributed by atoms with Crippen LogP contribution < -0.4 is 71.8 Å². The van der Waals surface area contributed by atoms with Crippen LogP contribution in [-0.2, 0) is 36.5 Å². The number of aliphatic hydroxyl groups excluding tert-OH is 4. The monoisotopic (exact) mass is 387 g/mol. The van der Waals surface area contributed by atoms with Crippen molar-refractivity contribution >= 4 is 23.9 Å². The maximum atomic E-state index is 9.63. The molecule has 0 heterocycles. The number of aliphatic hydroxyl groups is 4. The number of hydrogen-bond donors (Lipinski definition) is 4. The molecule has 0 aromatic carbocycles. The van der Waals surface area contributed by atoms with Gasteiger partial charge in [0, 0.05) is 0 Å². The number of carbonyl (C=O) groups is 4. The van der Waals surface area contributed by atoms with E-state index < -0.39 is 48.3 Å². The maximum Gasteiger partial charge on any atom is 3.00 e. The molecule has 1 radical (unpaired) electrons. The summed E-state index contributed by atoms with van der Waals surface area (Å²) < 4.78 is 0. The van der Waals surface area contributed by atoms with E-state index in [0.717, 1.165) is 0 Å². The fourth-order valence-corrected chi connectivity index (χ4v) is 0.516. The minimum Gasteiger partial charge on any atom is -0.547 e. The predicted molar refractivity (Wildman–Crippen MR) is 44.1 cm³/mol. The van der Waals surface area contributed by atoms with Gasteiger partial charge in [-0.15, -0.1) is 0 Å². The molecular weight excluding hydrogens is 379 g/mol. The number of carboxylic acids is 4. The fraction of sp³-hybridized carbons (Fsp3) is 0.500. The quantitative estimate of drug-likeness (QED) is 0.310. The van der Waals surface area contributed by atoms with Gasteiger partial charge in [-0.25, -0.2) is 0 Å². The van der Waals surface area contributed by atoms with Crippen LogP contribution in [0.15, 0.2) is 0 Å². The van der Waals surface area contributed by atoms with E-state index in [4.69, 9.17) is 20.4 Å². The SMILES string of the molecule is O=C([O-])C(O)C(O)C(=O)[O-].O=C([O-])C(O)C(O)C(=O)[O-].[Cr+3].[K+]. The van der Waals surface area contributed by atoms with Crippen LogP contribution in [0.3, 0.4) is 0 Å². The second-order valence-electron chi connectivity index (χ2n) is 3.06. The molecule has 0 spiro atoms. The van der Waals surface area contributed by atoms with Crippen LogP contribution in [0.2, 0.25) is 0 Å². The summed E-state index contributed by atoms with van der Waals surface area (Å²) in [4.78, 5) is 38.5. The van der Waals surface area contributed by atoms with E-state index in [1.807, 2.05) is 0 Å². The summed E-state index contributed by atoms with van der Waals surface area (Å²) in [6.07, 6.45) is -9.76. The molecule has 0 aliphatic heterocycles. The first-order valence-electron chi connectivity index (χ1n) is 4.49. The Hall–Kier alpha value is -0.111. The van der Waals surface area contributed by atoms with E-state index in [9.17, 15) is 39.6 Å². The number of carbonyl (C=O) groups excluding carboxylic acids is 4. The summed E-state index contributed by atoms with van der Waals surface area (Å²) in [5, 5.41) is 71.5. The average Bonchev–Trinajstić information content (AvgIpc) is 2.35. The van der Waals surface area contributed by atoms with E-state index in [2.05, 4.69) is 0 Å². The van der Waals surface area contributed by atoms with Crippen LogP contribution in [0.4, 0.5) is 0 Å². The molecule has 0 aromatic heterocycles. The molecule has 0 amide bonds. The molecule has 0 fully saturated rings. The zero-order chi connectivity index (χ0) is 16.6. The van der Waals surface area contributed by atoms with Crippen molar-refractivity contribution < 1.29 is 129 Å². The van der Waals surface area contributed by atoms with Crippen LogP contribution in [0.25, 0.3) is 0 Å². The largest absolute Gasteiger partial charge is 3.00 e. The third-order valence-corrected chi connectivity index (χ3v) is 1.56. The topological polar surface area (TPSA) is 241 Å². The Morgan fingerprint density at radius 2 is 0.636 bits per heavy atom. The Kier molecular flexibility index (Phi) is 19.6. The van der Waals surface area contributed by atoms with Gasteiger partial charge in [0.2, 0.25) is 0 Å². The molecule has 4 atom stereocenters. The maximum absolute atomic E-state index is 9.63. The van der Waals surface area contributed by atoms with Crippen LogP contribution >= 0.6 is 0 Å². The molecular formula is C8H8CrKO12. The van der Waals surface area contributed by atoms with E-state index in [0.29, 0.717) is 0 Å². The third kappa shape index (κ3) is 12.4. The van der Waals surface area contributed by atoms with Gasteiger partial charge in [0.25, 0.3) is 0 Å². The van der Waals surface area contributed by atoms with Crippen molar-refractivity contribution in [1.82, 2.24) is 0 Å². The molecule has 0 rings (SSSR count). The van der Waals surface area contributed by atoms with Gasteiger partial charge in [0.1, 0.15) is 24.4 Å². The molecule has 0 aliphatic rings.